The van der Waals surface area contributed by atoms with Crippen molar-refractivity contribution in [3.63, 3.8) is 0 Å². The number of nitro benzene ring substituents is 1. The minimum absolute atomic E-state index is 0.0405. The number of aromatic nitrogens is 2. The molecule has 4 aliphatic rings. The molecule has 75 heavy (non-hydrogen) atoms. The second-order valence-electron chi connectivity index (χ2n) is 21.8. The van der Waals surface area contributed by atoms with Crippen LogP contribution in [-0.4, -0.2) is 102 Å². The molecule has 4 heterocycles. The molecule has 10 rings (SSSR count). The van der Waals surface area contributed by atoms with Crippen LogP contribution in [0, 0.1) is 21.4 Å². The molecule has 1 atom stereocenters. The zero-order valence-corrected chi connectivity index (χ0v) is 44.6. The van der Waals surface area contributed by atoms with E-state index in [4.69, 9.17) is 21.1 Å². The van der Waals surface area contributed by atoms with Crippen molar-refractivity contribution >= 4 is 55.6 Å². The average molecular weight is 1060 g/mol. The number of aromatic amines is 1. The van der Waals surface area contributed by atoms with Gasteiger partial charge in [-0.15, -0.1) is 0 Å². The highest BCUT2D eigenvalue weighted by atomic mass is 35.5. The Bertz CT molecular complexity index is 3160. The lowest BCUT2D eigenvalue weighted by molar-refractivity contribution is -0.384. The molecular formula is C57H67ClN8O8S. The van der Waals surface area contributed by atoms with Gasteiger partial charge in [0.2, 0.25) is 0 Å². The van der Waals surface area contributed by atoms with Crippen molar-refractivity contribution in [2.45, 2.75) is 107 Å². The highest BCUT2D eigenvalue weighted by Gasteiger charge is 2.50. The van der Waals surface area contributed by atoms with Crippen molar-refractivity contribution < 1.29 is 32.7 Å². The maximum atomic E-state index is 14.2. The quantitative estimate of drug-likeness (QED) is 0.0406. The third-order valence-electron chi connectivity index (χ3n) is 16.4. The Morgan fingerprint density at radius 3 is 2.41 bits per heavy atom. The zero-order chi connectivity index (χ0) is 52.6. The first-order chi connectivity index (χ1) is 35.9. The van der Waals surface area contributed by atoms with Crippen molar-refractivity contribution in [1.82, 2.24) is 24.5 Å². The number of nitrogens with zero attached hydrogens (tertiary/aromatic N) is 5. The fourth-order valence-corrected chi connectivity index (χ4v) is 13.1. The number of piperazine rings is 1. The molecule has 1 amide bonds. The predicted molar refractivity (Wildman–Crippen MR) is 292 cm³/mol. The highest BCUT2D eigenvalue weighted by molar-refractivity contribution is 7.90. The molecule has 2 saturated heterocycles. The maximum absolute atomic E-state index is 14.2. The second kappa shape index (κ2) is 21.4. The van der Waals surface area contributed by atoms with E-state index in [0.717, 1.165) is 101 Å². The number of carbonyl (C=O) groups is 1. The number of amides is 1. The smallest absolute Gasteiger partial charge is 0.293 e. The normalized spacial score (nSPS) is 21.5. The molecule has 6 aromatic rings. The third kappa shape index (κ3) is 11.5. The summed E-state index contributed by atoms with van der Waals surface area (Å²) in [5.41, 5.74) is 4.59. The summed E-state index contributed by atoms with van der Waals surface area (Å²) >= 11 is 6.64. The van der Waals surface area contributed by atoms with Crippen LogP contribution in [0.25, 0.3) is 11.0 Å². The number of halogens is 1. The van der Waals surface area contributed by atoms with E-state index in [-0.39, 0.29) is 45.3 Å². The molecule has 0 bridgehead atoms. The molecule has 1 unspecified atom stereocenters. The monoisotopic (exact) mass is 1060 g/mol. The van der Waals surface area contributed by atoms with Crippen LogP contribution in [0.5, 0.6) is 17.2 Å². The van der Waals surface area contributed by atoms with Crippen LogP contribution in [0.1, 0.15) is 111 Å². The number of anilines is 2. The minimum Gasteiger partial charge on any atom is -0.497 e. The van der Waals surface area contributed by atoms with E-state index in [2.05, 4.69) is 85.0 Å². The van der Waals surface area contributed by atoms with Gasteiger partial charge < -0.3 is 29.8 Å². The topological polar surface area (TPSA) is 196 Å². The van der Waals surface area contributed by atoms with E-state index in [1.54, 1.807) is 37.6 Å². The molecule has 0 radical (unpaired) electrons. The standard InChI is InChI=1S/C57H67ClN8O8S/c1-37(2)45-7-5-6-8-46(45)50-36-63(35-39-9-12-43(73-4)13-10-39)27-28-65(50)42-32-57(33-42)22-25-64(26-23-57)41-11-15-47(51(30-41)74-52-29-40-19-24-59-54(40)61-53(52)58)55(67)62-75(71,72)44-14-16-48(49(31-44)66(69)70)60-34-38-17-20-56(3,68)21-18-38/h5-16,19,24,29-31,37-38,42,50,60,68H,17-18,20-23,25-28,32-36H2,1-4H3,(H,59,61)(H,62,67). The Balaban J connectivity index is 0.840. The van der Waals surface area contributed by atoms with Crippen molar-refractivity contribution in [3.8, 4) is 17.2 Å². The molecule has 4 N–H and O–H groups in total. The number of nitrogens with one attached hydrogen (secondary N) is 3. The number of nitro groups is 1. The van der Waals surface area contributed by atoms with Gasteiger partial charge in [-0.1, -0.05) is 61.8 Å². The molecule has 18 heteroatoms. The molecule has 4 aromatic carbocycles. The number of hydrogen-bond donors (Lipinski definition) is 4. The Morgan fingerprint density at radius 2 is 1.69 bits per heavy atom. The van der Waals surface area contributed by atoms with Crippen LogP contribution in [-0.2, 0) is 16.6 Å². The number of aliphatic hydroxyl groups is 1. The van der Waals surface area contributed by atoms with Gasteiger partial charge in [-0.25, -0.2) is 18.1 Å². The number of carbonyl (C=O) groups excluding carboxylic acids is 1. The first-order valence-electron chi connectivity index (χ1n) is 26.2. The third-order valence-corrected chi connectivity index (χ3v) is 18.0. The Hall–Kier alpha value is -6.24. The maximum Gasteiger partial charge on any atom is 0.293 e. The summed E-state index contributed by atoms with van der Waals surface area (Å²) in [6, 6.07) is 30.3. The number of ether oxygens (including phenoxy) is 2. The summed E-state index contributed by atoms with van der Waals surface area (Å²) in [4.78, 5) is 40.4. The summed E-state index contributed by atoms with van der Waals surface area (Å²) < 4.78 is 41.7. The van der Waals surface area contributed by atoms with Crippen LogP contribution in [0.4, 0.5) is 17.1 Å². The van der Waals surface area contributed by atoms with Crippen molar-refractivity contribution in [3.05, 3.63) is 141 Å². The van der Waals surface area contributed by atoms with Gasteiger partial charge in [0.15, 0.2) is 10.9 Å². The molecule has 2 aliphatic carbocycles. The van der Waals surface area contributed by atoms with Crippen LogP contribution in [0.3, 0.4) is 0 Å². The van der Waals surface area contributed by atoms with E-state index >= 15 is 0 Å². The van der Waals surface area contributed by atoms with Gasteiger partial charge in [0.1, 0.15) is 22.8 Å². The van der Waals surface area contributed by atoms with E-state index in [0.29, 0.717) is 37.0 Å². The lowest BCUT2D eigenvalue weighted by Gasteiger charge is -2.58. The molecule has 16 nitrogen and oxygen atoms in total. The SMILES string of the molecule is COc1ccc(CN2CCN(C3CC4(CCN(c5ccc(C(=O)NS(=O)(=O)c6ccc(NCC7CCC(C)(O)CC7)c([N+](=O)[O-])c6)c(Oc6cc7cc[nH]c7nc6Cl)c5)CC4)C3)C(c3ccccc3C(C)C)C2)cc1. The largest absolute Gasteiger partial charge is 0.497 e. The molecule has 2 saturated carbocycles. The highest BCUT2D eigenvalue weighted by Crippen LogP contribution is 2.53. The van der Waals surface area contributed by atoms with E-state index in [9.17, 15) is 28.4 Å². The lowest BCUT2D eigenvalue weighted by atomic mass is 9.59. The molecule has 2 aromatic heterocycles. The summed E-state index contributed by atoms with van der Waals surface area (Å²) in [5.74, 6) is 0.709. The summed E-state index contributed by atoms with van der Waals surface area (Å²) in [5, 5.41) is 26.5. The average Bonchev–Trinajstić information content (AvgIpc) is 3.86. The number of rotatable bonds is 16. The van der Waals surface area contributed by atoms with Gasteiger partial charge in [-0.3, -0.25) is 24.7 Å². The van der Waals surface area contributed by atoms with Crippen LogP contribution >= 0.6 is 11.6 Å². The van der Waals surface area contributed by atoms with E-state index in [1.807, 2.05) is 25.1 Å². The van der Waals surface area contributed by atoms with Gasteiger partial charge >= 0.3 is 0 Å². The Kier molecular flexibility index (Phi) is 14.9. The zero-order valence-electron chi connectivity index (χ0n) is 43.1. The molecular weight excluding hydrogens is 992 g/mol. The molecule has 4 fully saturated rings. The number of sulfonamides is 1. The summed E-state index contributed by atoms with van der Waals surface area (Å²) in [6.45, 7) is 12.2. The van der Waals surface area contributed by atoms with E-state index < -0.39 is 37.0 Å². The first-order valence-corrected chi connectivity index (χ1v) is 28.0. The van der Waals surface area contributed by atoms with Crippen LogP contribution in [0.2, 0.25) is 5.15 Å². The van der Waals surface area contributed by atoms with Gasteiger partial charge in [0, 0.05) is 87.3 Å². The number of benzene rings is 4. The number of pyridine rings is 1. The molecule has 2 aliphatic heterocycles. The molecule has 1 spiro atoms. The number of methoxy groups -OCH3 is 1. The second-order valence-corrected chi connectivity index (χ2v) is 23.9. The van der Waals surface area contributed by atoms with Gasteiger partial charge in [0.25, 0.3) is 21.6 Å². The van der Waals surface area contributed by atoms with Crippen molar-refractivity contribution in [2.24, 2.45) is 11.3 Å². The fourth-order valence-electron chi connectivity index (χ4n) is 11.9. The Labute approximate surface area is 444 Å². The van der Waals surface area contributed by atoms with Crippen molar-refractivity contribution in [1.29, 1.82) is 0 Å². The molecule has 396 valence electrons. The van der Waals surface area contributed by atoms with Crippen LogP contribution in [0.15, 0.2) is 108 Å². The van der Waals surface area contributed by atoms with Crippen molar-refractivity contribution in [2.75, 3.05) is 56.6 Å². The van der Waals surface area contributed by atoms with E-state index in [1.165, 1.54) is 28.8 Å². The summed E-state index contributed by atoms with van der Waals surface area (Å²) in [7, 11) is -2.92. The number of piperidine rings is 1. The number of hydrogen-bond acceptors (Lipinski definition) is 13. The predicted octanol–water partition coefficient (Wildman–Crippen LogP) is 10.8. The van der Waals surface area contributed by atoms with Gasteiger partial charge in [-0.05, 0) is 141 Å². The number of H-pyrrole nitrogens is 1. The summed E-state index contributed by atoms with van der Waals surface area (Å²) in [6.07, 6.45) is 8.73. The Morgan fingerprint density at radius 1 is 0.947 bits per heavy atom. The lowest BCUT2D eigenvalue weighted by Crippen LogP contribution is -2.60. The van der Waals surface area contributed by atoms with Gasteiger partial charge in [0.05, 0.1) is 28.1 Å². The number of fused-ring (bicyclic) bond motifs is 1. The fraction of sp³-hybridized carbons (Fsp3) is 0.439. The van der Waals surface area contributed by atoms with Gasteiger partial charge in [-0.2, -0.15) is 0 Å². The minimum atomic E-state index is -4.62. The first kappa shape index (κ1) is 52.2. The van der Waals surface area contributed by atoms with Crippen LogP contribution < -0.4 is 24.4 Å².